The van der Waals surface area contributed by atoms with Gasteiger partial charge in [0.05, 0.1) is 33.7 Å². The zero-order valence-electron chi connectivity index (χ0n) is 12.6. The van der Waals surface area contributed by atoms with Gasteiger partial charge in [-0.3, -0.25) is 9.59 Å². The highest BCUT2D eigenvalue weighted by atomic mass is 16.5. The molecule has 0 radical (unpaired) electrons. The summed E-state index contributed by atoms with van der Waals surface area (Å²) in [6.45, 7) is 0.283. The van der Waals surface area contributed by atoms with E-state index in [1.807, 2.05) is 21.1 Å². The topological polar surface area (TPSA) is 124 Å². The van der Waals surface area contributed by atoms with Crippen molar-refractivity contribution in [3.8, 4) is 0 Å². The maximum Gasteiger partial charge on any atom is 0.308 e. The molecule has 0 aromatic heterocycles. The lowest BCUT2D eigenvalue weighted by Gasteiger charge is -2.29. The summed E-state index contributed by atoms with van der Waals surface area (Å²) in [5.41, 5.74) is 0. The number of carbonyl (C=O) groups is 3. The first kappa shape index (κ1) is 19.3. The Kier molecular flexibility index (Phi) is 7.90. The molecule has 2 N–H and O–H groups in total. The Morgan fingerprint density at radius 2 is 1.76 bits per heavy atom. The molecule has 0 saturated carbocycles. The number of hydrogen-bond donors (Lipinski definition) is 2. The van der Waals surface area contributed by atoms with Crippen molar-refractivity contribution in [3.05, 3.63) is 0 Å². The Hall–Kier alpha value is -1.67. The number of likely N-dealkylation sites (N-methyl/N-ethyl adjacent to an activating group) is 1. The Bertz CT molecular complexity index is 375. The van der Waals surface area contributed by atoms with Gasteiger partial charge < -0.3 is 29.3 Å². The van der Waals surface area contributed by atoms with Crippen molar-refractivity contribution in [2.24, 2.45) is 0 Å². The van der Waals surface area contributed by atoms with Gasteiger partial charge in [0.2, 0.25) is 0 Å². The summed E-state index contributed by atoms with van der Waals surface area (Å²) in [6, 6.07) is 0. The second-order valence-corrected chi connectivity index (χ2v) is 5.95. The molecule has 0 aromatic rings. The van der Waals surface area contributed by atoms with Crippen LogP contribution in [0.15, 0.2) is 0 Å². The van der Waals surface area contributed by atoms with Crippen LogP contribution >= 0.6 is 0 Å². The molecule has 0 heterocycles. The van der Waals surface area contributed by atoms with Crippen molar-refractivity contribution in [2.45, 2.75) is 37.9 Å². The van der Waals surface area contributed by atoms with Gasteiger partial charge in [0, 0.05) is 18.8 Å². The van der Waals surface area contributed by atoms with E-state index in [1.165, 1.54) is 0 Å². The van der Waals surface area contributed by atoms with Crippen molar-refractivity contribution in [1.82, 2.24) is 0 Å². The zero-order valence-corrected chi connectivity index (χ0v) is 12.6. The van der Waals surface area contributed by atoms with Crippen molar-refractivity contribution < 1.29 is 38.9 Å². The van der Waals surface area contributed by atoms with Gasteiger partial charge in [-0.1, -0.05) is 0 Å². The van der Waals surface area contributed by atoms with E-state index < -0.39 is 36.5 Å². The second-order valence-electron chi connectivity index (χ2n) is 5.95. The third-order valence-corrected chi connectivity index (χ3v) is 2.54. The highest BCUT2D eigenvalue weighted by Gasteiger charge is 2.23. The third-order valence-electron chi connectivity index (χ3n) is 2.54. The minimum atomic E-state index is -1.33. The van der Waals surface area contributed by atoms with Crippen molar-refractivity contribution in [3.63, 3.8) is 0 Å². The van der Waals surface area contributed by atoms with Gasteiger partial charge >= 0.3 is 11.9 Å². The molecule has 122 valence electrons. The van der Waals surface area contributed by atoms with E-state index in [2.05, 4.69) is 0 Å². The highest BCUT2D eigenvalue weighted by Crippen LogP contribution is 2.09. The molecule has 2 unspecified atom stereocenters. The molecule has 8 heteroatoms. The predicted molar refractivity (Wildman–Crippen MR) is 69.9 cm³/mol. The lowest BCUT2D eigenvalue weighted by molar-refractivity contribution is -0.873. The molecule has 0 aliphatic rings. The minimum absolute atomic E-state index is 0.0646. The van der Waals surface area contributed by atoms with Crippen LogP contribution in [0.4, 0.5) is 0 Å². The molecule has 8 nitrogen and oxygen atoms in total. The monoisotopic (exact) mass is 305 g/mol. The Morgan fingerprint density at radius 3 is 2.19 bits per heavy atom. The predicted octanol–water partition coefficient (Wildman–Crippen LogP) is -1.64. The van der Waals surface area contributed by atoms with Gasteiger partial charge in [-0.15, -0.1) is 0 Å². The first-order chi connectivity index (χ1) is 9.49. The van der Waals surface area contributed by atoms with Gasteiger partial charge in [0.25, 0.3) is 0 Å². The molecule has 0 aliphatic heterocycles. The number of aliphatic hydroxyl groups is 1. The quantitative estimate of drug-likeness (QED) is 0.366. The van der Waals surface area contributed by atoms with E-state index in [0.717, 1.165) is 0 Å². The second kappa shape index (κ2) is 8.58. The van der Waals surface area contributed by atoms with Crippen LogP contribution in [0.3, 0.4) is 0 Å². The van der Waals surface area contributed by atoms with E-state index >= 15 is 0 Å². The number of hydrogen-bond acceptors (Lipinski definition) is 6. The molecular weight excluding hydrogens is 282 g/mol. The van der Waals surface area contributed by atoms with Gasteiger partial charge in [-0.2, -0.15) is 0 Å². The fraction of sp³-hybridized carbons (Fsp3) is 0.769. The van der Waals surface area contributed by atoms with Crippen molar-refractivity contribution >= 4 is 17.9 Å². The van der Waals surface area contributed by atoms with Crippen LogP contribution in [-0.4, -0.2) is 72.5 Å². The number of nitrogens with zero attached hydrogens (tertiary/aromatic N) is 1. The number of ether oxygens (including phenoxy) is 1. The standard InChI is InChI=1S/C13H23NO7/c1-14(2,3)8-10(7-12(18)19)21-13(20)6-9(15)4-5-11(16)17/h9-10,15H,4-8H2,1-3H3,(H-,16,17,18,19). The van der Waals surface area contributed by atoms with Crippen LogP contribution in [0.2, 0.25) is 0 Å². The molecule has 2 atom stereocenters. The van der Waals surface area contributed by atoms with E-state index in [0.29, 0.717) is 4.48 Å². The van der Waals surface area contributed by atoms with Crippen LogP contribution in [0.25, 0.3) is 0 Å². The maximum absolute atomic E-state index is 11.6. The number of quaternary nitrogens is 1. The lowest BCUT2D eigenvalue weighted by atomic mass is 10.1. The summed E-state index contributed by atoms with van der Waals surface area (Å²) in [5.74, 6) is -3.15. The van der Waals surface area contributed by atoms with E-state index in [-0.39, 0.29) is 25.8 Å². The van der Waals surface area contributed by atoms with Crippen LogP contribution in [0, 0.1) is 0 Å². The highest BCUT2D eigenvalue weighted by molar-refractivity contribution is 5.71. The SMILES string of the molecule is C[N+](C)(C)CC(CC(=O)[O-])OC(=O)CC(O)CCC(=O)O. The Labute approximate surface area is 123 Å². The number of aliphatic carboxylic acids is 2. The van der Waals surface area contributed by atoms with Crippen LogP contribution in [0.5, 0.6) is 0 Å². The fourth-order valence-corrected chi connectivity index (χ4v) is 1.76. The minimum Gasteiger partial charge on any atom is -0.550 e. The summed E-state index contributed by atoms with van der Waals surface area (Å²) in [5, 5.41) is 28.6. The maximum atomic E-state index is 11.6. The summed E-state index contributed by atoms with van der Waals surface area (Å²) in [6.07, 6.45) is -3.09. The van der Waals surface area contributed by atoms with Gasteiger partial charge in [0.15, 0.2) is 6.10 Å². The first-order valence-electron chi connectivity index (χ1n) is 6.59. The molecular formula is C13H23NO7. The molecule has 0 fully saturated rings. The molecule has 0 spiro atoms. The fourth-order valence-electron chi connectivity index (χ4n) is 1.76. The summed E-state index contributed by atoms with van der Waals surface area (Å²) >= 11 is 0. The number of carbonyl (C=O) groups excluding carboxylic acids is 2. The van der Waals surface area contributed by atoms with Crippen LogP contribution in [0.1, 0.15) is 25.7 Å². The van der Waals surface area contributed by atoms with Gasteiger partial charge in [0.1, 0.15) is 6.54 Å². The molecule has 21 heavy (non-hydrogen) atoms. The zero-order chi connectivity index (χ0) is 16.6. The van der Waals surface area contributed by atoms with Crippen LogP contribution in [-0.2, 0) is 19.1 Å². The summed E-state index contributed by atoms with van der Waals surface area (Å²) in [7, 11) is 5.45. The smallest absolute Gasteiger partial charge is 0.308 e. The molecule has 0 bridgehead atoms. The number of carboxylic acids is 2. The molecule has 0 aliphatic carbocycles. The number of aliphatic hydroxyl groups excluding tert-OH is 1. The van der Waals surface area contributed by atoms with Crippen molar-refractivity contribution in [2.75, 3.05) is 27.7 Å². The molecule has 0 rings (SSSR count). The van der Waals surface area contributed by atoms with Crippen LogP contribution < -0.4 is 5.11 Å². The third kappa shape index (κ3) is 11.8. The Morgan fingerprint density at radius 1 is 1.19 bits per heavy atom. The lowest BCUT2D eigenvalue weighted by Crippen LogP contribution is -2.45. The molecule has 0 amide bonds. The number of carboxylic acid groups (broad SMARTS) is 2. The number of esters is 1. The van der Waals surface area contributed by atoms with Gasteiger partial charge in [-0.25, -0.2) is 0 Å². The average molecular weight is 305 g/mol. The largest absolute Gasteiger partial charge is 0.550 e. The summed E-state index contributed by atoms with van der Waals surface area (Å²) in [4.78, 5) is 32.6. The normalized spacial score (nSPS) is 14.3. The number of rotatable bonds is 10. The van der Waals surface area contributed by atoms with E-state index in [9.17, 15) is 24.6 Å². The van der Waals surface area contributed by atoms with E-state index in [1.54, 1.807) is 0 Å². The average Bonchev–Trinajstić information content (AvgIpc) is 2.22. The van der Waals surface area contributed by atoms with Gasteiger partial charge in [-0.05, 0) is 6.42 Å². The van der Waals surface area contributed by atoms with Crippen molar-refractivity contribution in [1.29, 1.82) is 0 Å². The molecule has 0 saturated heterocycles. The first-order valence-corrected chi connectivity index (χ1v) is 6.59. The molecule has 0 aromatic carbocycles. The van der Waals surface area contributed by atoms with E-state index in [4.69, 9.17) is 9.84 Å². The Balaban J connectivity index is 4.38. The summed E-state index contributed by atoms with van der Waals surface area (Å²) < 4.78 is 5.43.